The molecule has 0 spiro atoms. The van der Waals surface area contributed by atoms with Crippen LogP contribution in [-0.2, 0) is 19.1 Å². The van der Waals surface area contributed by atoms with Crippen LogP contribution in [0.25, 0.3) is 0 Å². The summed E-state index contributed by atoms with van der Waals surface area (Å²) in [6.07, 6.45) is 1.46. The number of esters is 1. The van der Waals surface area contributed by atoms with Crippen molar-refractivity contribution in [3.8, 4) is 0 Å². The van der Waals surface area contributed by atoms with E-state index in [-0.39, 0.29) is 0 Å². The minimum Gasteiger partial charge on any atom is -0.454 e. The van der Waals surface area contributed by atoms with Crippen LogP contribution < -0.4 is 5.32 Å². The van der Waals surface area contributed by atoms with Crippen LogP contribution >= 0.6 is 0 Å². The molecule has 1 aromatic carbocycles. The van der Waals surface area contributed by atoms with Gasteiger partial charge in [-0.3, -0.25) is 19.3 Å². The molecule has 29 heavy (non-hydrogen) atoms. The second kappa shape index (κ2) is 8.42. The van der Waals surface area contributed by atoms with Crippen molar-refractivity contribution in [2.24, 2.45) is 5.10 Å². The van der Waals surface area contributed by atoms with E-state index in [1.807, 2.05) is 30.3 Å². The predicted molar refractivity (Wildman–Crippen MR) is 104 cm³/mol. The number of carbonyl (C=O) groups excluding carboxylic acids is 4. The van der Waals surface area contributed by atoms with Gasteiger partial charge in [-0.25, -0.2) is 9.80 Å². The summed E-state index contributed by atoms with van der Waals surface area (Å²) in [5.41, 5.74) is 0.749. The monoisotopic (exact) mass is 400 g/mol. The van der Waals surface area contributed by atoms with Gasteiger partial charge in [-0.05, 0) is 18.4 Å². The molecule has 4 amide bonds. The summed E-state index contributed by atoms with van der Waals surface area (Å²) in [7, 11) is 0. The van der Waals surface area contributed by atoms with Crippen molar-refractivity contribution >= 4 is 29.5 Å². The number of ether oxygens (including phenoxy) is 1. The van der Waals surface area contributed by atoms with Crippen molar-refractivity contribution in [2.45, 2.75) is 38.6 Å². The van der Waals surface area contributed by atoms with E-state index in [1.165, 1.54) is 5.01 Å². The van der Waals surface area contributed by atoms with Crippen molar-refractivity contribution in [1.82, 2.24) is 15.2 Å². The zero-order valence-corrected chi connectivity index (χ0v) is 16.5. The summed E-state index contributed by atoms with van der Waals surface area (Å²) >= 11 is 0. The van der Waals surface area contributed by atoms with E-state index in [0.717, 1.165) is 16.2 Å². The molecule has 1 saturated heterocycles. The second-order valence-corrected chi connectivity index (χ2v) is 6.95. The lowest BCUT2D eigenvalue weighted by Crippen LogP contribution is -2.46. The van der Waals surface area contributed by atoms with Gasteiger partial charge >= 0.3 is 12.0 Å². The Balaban J connectivity index is 1.52. The van der Waals surface area contributed by atoms with Crippen molar-refractivity contribution < 1.29 is 23.9 Å². The molecule has 0 saturated carbocycles. The van der Waals surface area contributed by atoms with Gasteiger partial charge in [0.05, 0.1) is 12.3 Å². The van der Waals surface area contributed by atoms with Gasteiger partial charge in [0.1, 0.15) is 12.1 Å². The van der Waals surface area contributed by atoms with Gasteiger partial charge in [-0.15, -0.1) is 0 Å². The molecule has 2 heterocycles. The Morgan fingerprint density at radius 1 is 1.17 bits per heavy atom. The Morgan fingerprint density at radius 3 is 2.48 bits per heavy atom. The molecule has 0 aromatic heterocycles. The summed E-state index contributed by atoms with van der Waals surface area (Å²) in [6.45, 7) is 2.97. The SMILES string of the molecule is CCC1(CC)NC(=O)N(CC(=O)OCC(=O)N2CCC(c3ccccc3)=N2)C1=O. The minimum absolute atomic E-state index is 0.406. The molecule has 0 aliphatic carbocycles. The lowest BCUT2D eigenvalue weighted by molar-refractivity contribution is -0.153. The van der Waals surface area contributed by atoms with Crippen molar-refractivity contribution in [3.63, 3.8) is 0 Å². The van der Waals surface area contributed by atoms with Crippen LogP contribution in [0.5, 0.6) is 0 Å². The van der Waals surface area contributed by atoms with E-state index in [1.54, 1.807) is 13.8 Å². The van der Waals surface area contributed by atoms with E-state index < -0.39 is 42.5 Å². The normalized spacial score (nSPS) is 17.9. The maximum Gasteiger partial charge on any atom is 0.326 e. The number of hydrogen-bond donors (Lipinski definition) is 1. The molecule has 0 atom stereocenters. The Bertz CT molecular complexity index is 848. The molecule has 2 aliphatic heterocycles. The fraction of sp³-hybridized carbons (Fsp3) is 0.450. The minimum atomic E-state index is -0.981. The average Bonchev–Trinajstić information content (AvgIpc) is 3.32. The topological polar surface area (TPSA) is 108 Å². The Kier molecular flexibility index (Phi) is 5.95. The summed E-state index contributed by atoms with van der Waals surface area (Å²) in [5, 5.41) is 8.19. The number of imide groups is 1. The van der Waals surface area contributed by atoms with Crippen LogP contribution in [0, 0.1) is 0 Å². The standard InChI is InChI=1S/C20H24N4O5/c1-3-20(4-2)18(27)23(19(28)21-20)12-17(26)29-13-16(25)24-11-10-15(22-24)14-8-6-5-7-9-14/h5-9H,3-4,10-13H2,1-2H3,(H,21,28). The zero-order valence-electron chi connectivity index (χ0n) is 16.5. The van der Waals surface area contributed by atoms with E-state index in [2.05, 4.69) is 10.4 Å². The lowest BCUT2D eigenvalue weighted by atomic mass is 9.93. The highest BCUT2D eigenvalue weighted by Crippen LogP contribution is 2.24. The molecule has 2 aliphatic rings. The van der Waals surface area contributed by atoms with Crippen LogP contribution in [0.3, 0.4) is 0 Å². The first-order chi connectivity index (χ1) is 13.9. The molecule has 0 unspecified atom stereocenters. The number of carbonyl (C=O) groups is 4. The first kappa shape index (κ1) is 20.5. The fourth-order valence-electron chi connectivity index (χ4n) is 3.41. The quantitative estimate of drug-likeness (QED) is 0.548. The number of rotatable bonds is 7. The zero-order chi connectivity index (χ0) is 21.0. The molecule has 1 N–H and O–H groups in total. The molecular weight excluding hydrogens is 376 g/mol. The highest BCUT2D eigenvalue weighted by Gasteiger charge is 2.49. The summed E-state index contributed by atoms with van der Waals surface area (Å²) < 4.78 is 4.98. The van der Waals surface area contributed by atoms with E-state index in [9.17, 15) is 19.2 Å². The smallest absolute Gasteiger partial charge is 0.326 e. The summed E-state index contributed by atoms with van der Waals surface area (Å²) in [5.74, 6) is -1.73. The second-order valence-electron chi connectivity index (χ2n) is 6.95. The Hall–Kier alpha value is -3.23. The van der Waals surface area contributed by atoms with Gasteiger partial charge in [0, 0.05) is 6.42 Å². The van der Waals surface area contributed by atoms with E-state index >= 15 is 0 Å². The van der Waals surface area contributed by atoms with Crippen LogP contribution in [0.2, 0.25) is 0 Å². The molecule has 154 valence electrons. The molecule has 1 fully saturated rings. The molecule has 1 aromatic rings. The van der Waals surface area contributed by atoms with E-state index in [4.69, 9.17) is 4.74 Å². The largest absolute Gasteiger partial charge is 0.454 e. The van der Waals surface area contributed by atoms with Crippen molar-refractivity contribution in [3.05, 3.63) is 35.9 Å². The van der Waals surface area contributed by atoms with Gasteiger partial charge in [0.25, 0.3) is 11.8 Å². The third-order valence-corrected chi connectivity index (χ3v) is 5.29. The molecule has 9 heteroatoms. The van der Waals surface area contributed by atoms with Crippen LogP contribution in [0.1, 0.15) is 38.7 Å². The van der Waals surface area contributed by atoms with Crippen LogP contribution in [-0.4, -0.2) is 64.7 Å². The number of nitrogens with zero attached hydrogens (tertiary/aromatic N) is 3. The maximum absolute atomic E-state index is 12.5. The van der Waals surface area contributed by atoms with Crippen molar-refractivity contribution in [1.29, 1.82) is 0 Å². The van der Waals surface area contributed by atoms with Crippen LogP contribution in [0.4, 0.5) is 4.79 Å². The number of urea groups is 1. The van der Waals surface area contributed by atoms with Gasteiger partial charge < -0.3 is 10.1 Å². The lowest BCUT2D eigenvalue weighted by Gasteiger charge is -2.22. The van der Waals surface area contributed by atoms with Gasteiger partial charge in [0.2, 0.25) is 0 Å². The van der Waals surface area contributed by atoms with E-state index in [0.29, 0.717) is 25.8 Å². The first-order valence-corrected chi connectivity index (χ1v) is 9.63. The molecular formula is C20H24N4O5. The summed E-state index contributed by atoms with van der Waals surface area (Å²) in [4.78, 5) is 49.7. The molecule has 0 radical (unpaired) electrons. The number of nitrogens with one attached hydrogen (secondary N) is 1. The number of hydrazone groups is 1. The average molecular weight is 400 g/mol. The van der Waals surface area contributed by atoms with Gasteiger partial charge in [0.15, 0.2) is 6.61 Å². The van der Waals surface area contributed by atoms with Crippen molar-refractivity contribution in [2.75, 3.05) is 19.7 Å². The molecule has 9 nitrogen and oxygen atoms in total. The van der Waals surface area contributed by atoms with Gasteiger partial charge in [-0.1, -0.05) is 44.2 Å². The highest BCUT2D eigenvalue weighted by atomic mass is 16.5. The predicted octanol–water partition coefficient (Wildman–Crippen LogP) is 1.28. The molecule has 0 bridgehead atoms. The number of hydrogen-bond acceptors (Lipinski definition) is 6. The fourth-order valence-corrected chi connectivity index (χ4v) is 3.41. The first-order valence-electron chi connectivity index (χ1n) is 9.63. The van der Waals surface area contributed by atoms with Gasteiger partial charge in [-0.2, -0.15) is 5.10 Å². The third-order valence-electron chi connectivity index (χ3n) is 5.29. The maximum atomic E-state index is 12.5. The Morgan fingerprint density at radius 2 is 1.86 bits per heavy atom. The third kappa shape index (κ3) is 4.13. The van der Waals surface area contributed by atoms with Crippen LogP contribution in [0.15, 0.2) is 35.4 Å². The highest BCUT2D eigenvalue weighted by molar-refractivity contribution is 6.08. The number of benzene rings is 1. The summed E-state index contributed by atoms with van der Waals surface area (Å²) in [6, 6.07) is 8.89. The molecule has 3 rings (SSSR count). The number of amides is 4. The Labute approximate surface area is 168 Å².